The van der Waals surface area contributed by atoms with E-state index in [1.165, 1.54) is 0 Å². The van der Waals surface area contributed by atoms with Crippen LogP contribution in [0.1, 0.15) is 19.4 Å². The van der Waals surface area contributed by atoms with Gasteiger partial charge in [0.05, 0.1) is 12.6 Å². The molecule has 0 spiro atoms. The Bertz CT molecular complexity index is 420. The van der Waals surface area contributed by atoms with E-state index < -0.39 is 0 Å². The molecule has 0 amide bonds. The van der Waals surface area contributed by atoms with Gasteiger partial charge in [-0.3, -0.25) is 4.90 Å². The van der Waals surface area contributed by atoms with Crippen LogP contribution < -0.4 is 4.74 Å². The largest absolute Gasteiger partial charge is 0.486 e. The Morgan fingerprint density at radius 2 is 2.19 bits per heavy atom. The van der Waals surface area contributed by atoms with Crippen LogP contribution in [0.4, 0.5) is 0 Å². The highest BCUT2D eigenvalue weighted by atomic mass is 16.5. The van der Waals surface area contributed by atoms with Crippen molar-refractivity contribution in [1.29, 1.82) is 5.26 Å². The second-order valence-corrected chi connectivity index (χ2v) is 4.77. The molecule has 1 aromatic carbocycles. The lowest BCUT2D eigenvalue weighted by atomic mass is 10.1. The molecule has 84 valence electrons. The first-order valence-electron chi connectivity index (χ1n) is 5.47. The van der Waals surface area contributed by atoms with Gasteiger partial charge in [-0.1, -0.05) is 18.2 Å². The van der Waals surface area contributed by atoms with E-state index in [0.717, 1.165) is 24.4 Å². The maximum atomic E-state index is 8.80. The molecule has 0 saturated carbocycles. The Morgan fingerprint density at radius 3 is 2.94 bits per heavy atom. The van der Waals surface area contributed by atoms with Crippen molar-refractivity contribution >= 4 is 0 Å². The Balaban J connectivity index is 2.32. The summed E-state index contributed by atoms with van der Waals surface area (Å²) >= 11 is 0. The molecule has 0 atom stereocenters. The quantitative estimate of drug-likeness (QED) is 0.675. The van der Waals surface area contributed by atoms with Crippen molar-refractivity contribution in [1.82, 2.24) is 4.90 Å². The van der Waals surface area contributed by atoms with E-state index in [4.69, 9.17) is 10.00 Å². The lowest BCUT2D eigenvalue weighted by Gasteiger charge is -2.28. The lowest BCUT2D eigenvalue weighted by Crippen LogP contribution is -2.40. The van der Waals surface area contributed by atoms with Crippen molar-refractivity contribution < 1.29 is 4.74 Å². The van der Waals surface area contributed by atoms with Crippen molar-refractivity contribution in [3.63, 3.8) is 0 Å². The van der Waals surface area contributed by atoms with Crippen LogP contribution in [-0.2, 0) is 6.54 Å². The first-order valence-corrected chi connectivity index (χ1v) is 5.47. The molecule has 1 heterocycles. The second-order valence-electron chi connectivity index (χ2n) is 4.77. The molecule has 1 aliphatic rings. The SMILES string of the molecule is CC1(C)CN(CC#N)Cc2ccccc2O1. The molecule has 16 heavy (non-hydrogen) atoms. The zero-order chi connectivity index (χ0) is 11.6. The van der Waals surface area contributed by atoms with Gasteiger partial charge in [-0.15, -0.1) is 0 Å². The van der Waals surface area contributed by atoms with Crippen molar-refractivity contribution in [2.75, 3.05) is 13.1 Å². The average Bonchev–Trinajstić information content (AvgIpc) is 2.32. The molecule has 0 aliphatic carbocycles. The molecule has 1 aromatic rings. The molecule has 0 unspecified atom stereocenters. The van der Waals surface area contributed by atoms with Crippen LogP contribution in [-0.4, -0.2) is 23.6 Å². The van der Waals surface area contributed by atoms with Crippen molar-refractivity contribution in [2.24, 2.45) is 0 Å². The summed E-state index contributed by atoms with van der Waals surface area (Å²) in [6.07, 6.45) is 0. The predicted molar refractivity (Wildman–Crippen MR) is 62.0 cm³/mol. The predicted octanol–water partition coefficient (Wildman–Crippen LogP) is 2.18. The Morgan fingerprint density at radius 1 is 1.44 bits per heavy atom. The van der Waals surface area contributed by atoms with Crippen LogP contribution in [0.25, 0.3) is 0 Å². The second kappa shape index (κ2) is 4.15. The molecule has 1 aliphatic heterocycles. The monoisotopic (exact) mass is 216 g/mol. The van der Waals surface area contributed by atoms with Crippen molar-refractivity contribution in [2.45, 2.75) is 26.0 Å². The van der Waals surface area contributed by atoms with Gasteiger partial charge in [-0.2, -0.15) is 5.26 Å². The maximum absolute atomic E-state index is 8.80. The minimum atomic E-state index is -0.247. The summed E-state index contributed by atoms with van der Waals surface area (Å²) in [5, 5.41) is 8.80. The molecule has 0 fully saturated rings. The molecule has 3 nitrogen and oxygen atoms in total. The fourth-order valence-corrected chi connectivity index (χ4v) is 2.11. The van der Waals surface area contributed by atoms with E-state index in [1.54, 1.807) is 0 Å². The summed E-state index contributed by atoms with van der Waals surface area (Å²) in [5.74, 6) is 0.938. The summed E-state index contributed by atoms with van der Waals surface area (Å²) in [6, 6.07) is 10.2. The number of hydrogen-bond donors (Lipinski definition) is 0. The van der Waals surface area contributed by atoms with E-state index in [2.05, 4.69) is 30.9 Å². The van der Waals surface area contributed by atoms with Crippen molar-refractivity contribution in [3.05, 3.63) is 29.8 Å². The van der Waals surface area contributed by atoms with Gasteiger partial charge < -0.3 is 4.74 Å². The first kappa shape index (κ1) is 11.0. The van der Waals surface area contributed by atoms with Gasteiger partial charge in [0.25, 0.3) is 0 Å². The number of para-hydroxylation sites is 1. The fraction of sp³-hybridized carbons (Fsp3) is 0.462. The number of nitrogens with zero attached hydrogens (tertiary/aromatic N) is 2. The number of hydrogen-bond acceptors (Lipinski definition) is 3. The van der Waals surface area contributed by atoms with Gasteiger partial charge in [-0.25, -0.2) is 0 Å². The highest BCUT2D eigenvalue weighted by molar-refractivity contribution is 5.34. The molecular weight excluding hydrogens is 200 g/mol. The number of ether oxygens (including phenoxy) is 1. The smallest absolute Gasteiger partial charge is 0.124 e. The number of nitriles is 1. The number of rotatable bonds is 1. The van der Waals surface area contributed by atoms with Gasteiger partial charge >= 0.3 is 0 Å². The minimum absolute atomic E-state index is 0.247. The van der Waals surface area contributed by atoms with E-state index >= 15 is 0 Å². The van der Waals surface area contributed by atoms with Crippen LogP contribution in [0.2, 0.25) is 0 Å². The standard InChI is InChI=1S/C13H16N2O/c1-13(2)10-15(8-7-14)9-11-5-3-4-6-12(11)16-13/h3-6H,8-10H2,1-2H3. The zero-order valence-corrected chi connectivity index (χ0v) is 9.73. The molecular formula is C13H16N2O. The van der Waals surface area contributed by atoms with E-state index in [-0.39, 0.29) is 5.60 Å². The molecule has 0 saturated heterocycles. The third kappa shape index (κ3) is 2.34. The number of fused-ring (bicyclic) bond motifs is 1. The summed E-state index contributed by atoms with van der Waals surface area (Å²) < 4.78 is 5.97. The summed E-state index contributed by atoms with van der Waals surface area (Å²) in [6.45, 7) is 6.11. The summed E-state index contributed by atoms with van der Waals surface area (Å²) in [4.78, 5) is 2.12. The van der Waals surface area contributed by atoms with Crippen LogP contribution in [0.3, 0.4) is 0 Å². The van der Waals surface area contributed by atoms with Crippen LogP contribution >= 0.6 is 0 Å². The van der Waals surface area contributed by atoms with Crippen molar-refractivity contribution in [3.8, 4) is 11.8 Å². The van der Waals surface area contributed by atoms with E-state index in [1.807, 2.05) is 18.2 Å². The van der Waals surface area contributed by atoms with E-state index in [0.29, 0.717) is 6.54 Å². The highest BCUT2D eigenvalue weighted by Gasteiger charge is 2.28. The van der Waals surface area contributed by atoms with Crippen LogP contribution in [0.5, 0.6) is 5.75 Å². The van der Waals surface area contributed by atoms with Gasteiger partial charge in [-0.05, 0) is 19.9 Å². The fourth-order valence-electron chi connectivity index (χ4n) is 2.11. The van der Waals surface area contributed by atoms with Gasteiger partial charge in [0.1, 0.15) is 11.4 Å². The molecule has 2 rings (SSSR count). The first-order chi connectivity index (χ1) is 7.61. The van der Waals surface area contributed by atoms with Gasteiger partial charge in [0.2, 0.25) is 0 Å². The number of benzene rings is 1. The third-order valence-corrected chi connectivity index (χ3v) is 2.65. The molecule has 0 aromatic heterocycles. The Labute approximate surface area is 96.2 Å². The minimum Gasteiger partial charge on any atom is -0.486 e. The molecule has 0 radical (unpaired) electrons. The normalized spacial score (nSPS) is 19.1. The molecule has 0 bridgehead atoms. The van der Waals surface area contributed by atoms with E-state index in [9.17, 15) is 0 Å². The summed E-state index contributed by atoms with van der Waals surface area (Å²) in [7, 11) is 0. The average molecular weight is 216 g/mol. The molecule has 0 N–H and O–H groups in total. The Hall–Kier alpha value is -1.53. The summed E-state index contributed by atoms with van der Waals surface area (Å²) in [5.41, 5.74) is 0.909. The van der Waals surface area contributed by atoms with Crippen LogP contribution in [0, 0.1) is 11.3 Å². The van der Waals surface area contributed by atoms with Crippen LogP contribution in [0.15, 0.2) is 24.3 Å². The lowest BCUT2D eigenvalue weighted by molar-refractivity contribution is 0.0762. The molecule has 3 heteroatoms. The maximum Gasteiger partial charge on any atom is 0.124 e. The highest BCUT2D eigenvalue weighted by Crippen LogP contribution is 2.28. The zero-order valence-electron chi connectivity index (χ0n) is 9.73. The topological polar surface area (TPSA) is 36.3 Å². The van der Waals surface area contributed by atoms with Gasteiger partial charge in [0, 0.05) is 18.7 Å². The Kier molecular flexibility index (Phi) is 2.84. The van der Waals surface area contributed by atoms with Gasteiger partial charge in [0.15, 0.2) is 0 Å². The third-order valence-electron chi connectivity index (χ3n) is 2.65.